The van der Waals surface area contributed by atoms with Gasteiger partial charge >= 0.3 is 0 Å². The zero-order valence-electron chi connectivity index (χ0n) is 9.75. The minimum atomic E-state index is -0.382. The van der Waals surface area contributed by atoms with Gasteiger partial charge in [0.15, 0.2) is 5.82 Å². The van der Waals surface area contributed by atoms with E-state index in [0.717, 1.165) is 24.6 Å². The van der Waals surface area contributed by atoms with Crippen LogP contribution in [0.25, 0.3) is 0 Å². The molecule has 1 atom stereocenters. The molecule has 15 heavy (non-hydrogen) atoms. The molecule has 0 saturated carbocycles. The highest BCUT2D eigenvalue weighted by Crippen LogP contribution is 2.27. The molecule has 1 unspecified atom stereocenters. The maximum atomic E-state index is 5.80. The van der Waals surface area contributed by atoms with E-state index < -0.39 is 0 Å². The lowest BCUT2D eigenvalue weighted by Crippen LogP contribution is -2.28. The predicted molar refractivity (Wildman–Crippen MR) is 59.9 cm³/mol. The van der Waals surface area contributed by atoms with Crippen molar-refractivity contribution in [3.05, 3.63) is 11.6 Å². The van der Waals surface area contributed by atoms with Gasteiger partial charge in [-0.25, -0.2) is 0 Å². The number of nitrogens with zero attached hydrogens (tertiary/aromatic N) is 3. The van der Waals surface area contributed by atoms with Crippen LogP contribution < -0.4 is 0 Å². The van der Waals surface area contributed by atoms with E-state index in [1.807, 2.05) is 11.5 Å². The van der Waals surface area contributed by atoms with Gasteiger partial charge in [0.05, 0.1) is 5.88 Å². The molecule has 0 aromatic carbocycles. The summed E-state index contributed by atoms with van der Waals surface area (Å²) in [6.07, 6.45) is 0.851. The van der Waals surface area contributed by atoms with Gasteiger partial charge in [-0.15, -0.1) is 21.8 Å². The summed E-state index contributed by atoms with van der Waals surface area (Å²) in [7, 11) is 1.69. The fraction of sp³-hybridized carbons (Fsp3) is 0.800. The van der Waals surface area contributed by atoms with Crippen LogP contribution in [0.5, 0.6) is 0 Å². The average molecular weight is 232 g/mol. The molecular formula is C10H18ClN3O. The third-order valence-electron chi connectivity index (χ3n) is 2.86. The van der Waals surface area contributed by atoms with E-state index in [1.165, 1.54) is 0 Å². The number of hydrogen-bond donors (Lipinski definition) is 0. The van der Waals surface area contributed by atoms with Crippen LogP contribution in [0.3, 0.4) is 0 Å². The van der Waals surface area contributed by atoms with Crippen molar-refractivity contribution >= 4 is 11.6 Å². The van der Waals surface area contributed by atoms with Crippen LogP contribution in [0.15, 0.2) is 0 Å². The van der Waals surface area contributed by atoms with Crippen LogP contribution in [0.1, 0.15) is 38.8 Å². The Kier molecular flexibility index (Phi) is 4.11. The van der Waals surface area contributed by atoms with E-state index in [4.69, 9.17) is 16.3 Å². The van der Waals surface area contributed by atoms with Crippen LogP contribution in [0.4, 0.5) is 0 Å². The van der Waals surface area contributed by atoms with Gasteiger partial charge in [0.25, 0.3) is 0 Å². The van der Waals surface area contributed by atoms with Gasteiger partial charge < -0.3 is 9.30 Å². The molecule has 0 saturated heterocycles. The molecule has 0 amide bonds. The van der Waals surface area contributed by atoms with Crippen LogP contribution in [0.2, 0.25) is 0 Å². The second-order valence-corrected chi connectivity index (χ2v) is 3.87. The zero-order chi connectivity index (χ0) is 11.5. The van der Waals surface area contributed by atoms with Crippen molar-refractivity contribution in [2.45, 2.75) is 45.2 Å². The highest BCUT2D eigenvalue weighted by Gasteiger charge is 2.30. The highest BCUT2D eigenvalue weighted by molar-refractivity contribution is 6.16. The topological polar surface area (TPSA) is 39.9 Å². The first-order valence-corrected chi connectivity index (χ1v) is 5.70. The lowest BCUT2D eigenvalue weighted by molar-refractivity contribution is -0.0120. The molecule has 1 rings (SSSR count). The fourth-order valence-electron chi connectivity index (χ4n) is 1.55. The Morgan fingerprint density at radius 1 is 1.40 bits per heavy atom. The number of halogens is 1. The number of hydrogen-bond acceptors (Lipinski definition) is 3. The molecule has 0 radical (unpaired) electrons. The molecule has 4 nitrogen and oxygen atoms in total. The molecule has 86 valence electrons. The average Bonchev–Trinajstić information content (AvgIpc) is 2.71. The van der Waals surface area contributed by atoms with E-state index in [1.54, 1.807) is 7.11 Å². The van der Waals surface area contributed by atoms with Crippen molar-refractivity contribution in [3.63, 3.8) is 0 Å². The number of alkyl halides is 1. The molecular weight excluding hydrogens is 214 g/mol. The quantitative estimate of drug-likeness (QED) is 0.731. The summed E-state index contributed by atoms with van der Waals surface area (Å²) >= 11 is 5.80. The summed E-state index contributed by atoms with van der Waals surface area (Å²) in [5, 5.41) is 8.24. The lowest BCUT2D eigenvalue weighted by atomic mass is 10.0. The van der Waals surface area contributed by atoms with Crippen LogP contribution in [-0.4, -0.2) is 21.9 Å². The maximum absolute atomic E-state index is 5.80. The van der Waals surface area contributed by atoms with Gasteiger partial charge in [0.2, 0.25) is 0 Å². The monoisotopic (exact) mass is 231 g/mol. The Bertz CT molecular complexity index is 320. The molecule has 0 fully saturated rings. The SMILES string of the molecule is CCn1c(CCl)nnc1C(C)(CC)OC. The van der Waals surface area contributed by atoms with Crippen LogP contribution >= 0.6 is 11.6 Å². The van der Waals surface area contributed by atoms with Crippen molar-refractivity contribution in [2.24, 2.45) is 0 Å². The van der Waals surface area contributed by atoms with E-state index in [0.29, 0.717) is 5.88 Å². The minimum absolute atomic E-state index is 0.379. The van der Waals surface area contributed by atoms with Gasteiger partial charge in [0, 0.05) is 13.7 Å². The normalized spacial score (nSPS) is 15.3. The van der Waals surface area contributed by atoms with Gasteiger partial charge in [-0.1, -0.05) is 6.92 Å². The molecule has 1 aromatic heterocycles. The van der Waals surface area contributed by atoms with Crippen LogP contribution in [0, 0.1) is 0 Å². The summed E-state index contributed by atoms with van der Waals surface area (Å²) in [6, 6.07) is 0. The first-order valence-electron chi connectivity index (χ1n) is 5.16. The second kappa shape index (κ2) is 4.94. The molecule has 0 aliphatic heterocycles. The van der Waals surface area contributed by atoms with E-state index in [2.05, 4.69) is 24.0 Å². The molecule has 5 heteroatoms. The summed E-state index contributed by atoms with van der Waals surface area (Å²) < 4.78 is 7.52. The Morgan fingerprint density at radius 3 is 2.47 bits per heavy atom. The van der Waals surface area contributed by atoms with Crippen molar-refractivity contribution in [1.82, 2.24) is 14.8 Å². The van der Waals surface area contributed by atoms with Crippen molar-refractivity contribution in [3.8, 4) is 0 Å². The smallest absolute Gasteiger partial charge is 0.165 e. The van der Waals surface area contributed by atoms with Gasteiger partial charge in [-0.05, 0) is 20.3 Å². The summed E-state index contributed by atoms with van der Waals surface area (Å²) in [5.41, 5.74) is -0.382. The Balaban J connectivity index is 3.18. The minimum Gasteiger partial charge on any atom is -0.371 e. The Hall–Kier alpha value is -0.610. The number of ether oxygens (including phenoxy) is 1. The number of methoxy groups -OCH3 is 1. The van der Waals surface area contributed by atoms with Gasteiger partial charge in [0.1, 0.15) is 11.4 Å². The standard InChI is InChI=1S/C10H18ClN3O/c1-5-10(3,15-4)9-13-12-8(7-11)14(9)6-2/h5-7H2,1-4H3. The first-order chi connectivity index (χ1) is 7.12. The summed E-state index contributed by atoms with van der Waals surface area (Å²) in [4.78, 5) is 0. The fourth-order valence-corrected chi connectivity index (χ4v) is 1.75. The van der Waals surface area contributed by atoms with Crippen molar-refractivity contribution in [1.29, 1.82) is 0 Å². The molecule has 0 aliphatic rings. The summed E-state index contributed by atoms with van der Waals surface area (Å²) in [6.45, 7) is 6.94. The van der Waals surface area contributed by atoms with E-state index in [9.17, 15) is 0 Å². The van der Waals surface area contributed by atoms with Crippen molar-refractivity contribution < 1.29 is 4.74 Å². The molecule has 1 heterocycles. The largest absolute Gasteiger partial charge is 0.371 e. The third kappa shape index (κ3) is 2.16. The molecule has 0 N–H and O–H groups in total. The predicted octanol–water partition coefficient (Wildman–Crippen LogP) is 2.31. The van der Waals surface area contributed by atoms with E-state index in [-0.39, 0.29) is 5.60 Å². The van der Waals surface area contributed by atoms with Crippen molar-refractivity contribution in [2.75, 3.05) is 7.11 Å². The number of rotatable bonds is 5. The molecule has 0 spiro atoms. The molecule has 0 bridgehead atoms. The summed E-state index contributed by atoms with van der Waals surface area (Å²) in [5.74, 6) is 2.03. The zero-order valence-corrected chi connectivity index (χ0v) is 10.5. The number of aromatic nitrogens is 3. The third-order valence-corrected chi connectivity index (χ3v) is 3.10. The first kappa shape index (κ1) is 12.5. The molecule has 1 aromatic rings. The Labute approximate surface area is 95.6 Å². The second-order valence-electron chi connectivity index (χ2n) is 3.61. The highest BCUT2D eigenvalue weighted by atomic mass is 35.5. The van der Waals surface area contributed by atoms with E-state index >= 15 is 0 Å². The molecule has 0 aliphatic carbocycles. The lowest BCUT2D eigenvalue weighted by Gasteiger charge is -2.26. The Morgan fingerprint density at radius 2 is 2.07 bits per heavy atom. The van der Waals surface area contributed by atoms with Crippen LogP contribution in [-0.2, 0) is 22.8 Å². The van der Waals surface area contributed by atoms with Gasteiger partial charge in [-0.2, -0.15) is 0 Å². The van der Waals surface area contributed by atoms with Gasteiger partial charge in [-0.3, -0.25) is 0 Å². The maximum Gasteiger partial charge on any atom is 0.165 e.